The van der Waals surface area contributed by atoms with Gasteiger partial charge in [-0.15, -0.1) is 0 Å². The van der Waals surface area contributed by atoms with Crippen molar-refractivity contribution in [2.75, 3.05) is 0 Å². The molecule has 1 aliphatic rings. The number of hydrogen-bond acceptors (Lipinski definition) is 1. The van der Waals surface area contributed by atoms with E-state index >= 15 is 0 Å². The number of aliphatic hydroxyl groups is 1. The van der Waals surface area contributed by atoms with Crippen molar-refractivity contribution >= 4 is 0 Å². The number of unbranched alkanes of at least 4 members (excludes halogenated alkanes) is 2. The van der Waals surface area contributed by atoms with Crippen LogP contribution in [0.1, 0.15) is 56.6 Å². The summed E-state index contributed by atoms with van der Waals surface area (Å²) in [4.78, 5) is 0. The summed E-state index contributed by atoms with van der Waals surface area (Å²) >= 11 is 0. The molecule has 0 spiro atoms. The van der Waals surface area contributed by atoms with Gasteiger partial charge in [0.1, 0.15) is 0 Å². The molecule has 88 valence electrons. The van der Waals surface area contributed by atoms with E-state index in [1.165, 1.54) is 24.0 Å². The third-order valence-corrected chi connectivity index (χ3v) is 3.75. The van der Waals surface area contributed by atoms with Crippen LogP contribution < -0.4 is 0 Å². The van der Waals surface area contributed by atoms with Crippen molar-refractivity contribution in [2.45, 2.75) is 57.5 Å². The third-order valence-electron chi connectivity index (χ3n) is 3.75. The van der Waals surface area contributed by atoms with Gasteiger partial charge in [0, 0.05) is 0 Å². The molecule has 2 rings (SSSR count). The molecule has 16 heavy (non-hydrogen) atoms. The van der Waals surface area contributed by atoms with E-state index in [9.17, 15) is 5.11 Å². The van der Waals surface area contributed by atoms with Gasteiger partial charge in [-0.1, -0.05) is 50.5 Å². The van der Waals surface area contributed by atoms with Gasteiger partial charge < -0.3 is 5.11 Å². The van der Waals surface area contributed by atoms with Gasteiger partial charge in [0.2, 0.25) is 0 Å². The van der Waals surface area contributed by atoms with Gasteiger partial charge in [0.05, 0.1) is 5.60 Å². The summed E-state index contributed by atoms with van der Waals surface area (Å²) in [6.07, 6.45) is 7.71. The van der Waals surface area contributed by atoms with E-state index < -0.39 is 5.60 Å². The van der Waals surface area contributed by atoms with Crippen molar-refractivity contribution < 1.29 is 5.11 Å². The number of rotatable bonds is 4. The zero-order valence-electron chi connectivity index (χ0n) is 10.2. The maximum atomic E-state index is 10.8. The lowest BCUT2D eigenvalue weighted by Crippen LogP contribution is -2.30. The van der Waals surface area contributed by atoms with Crippen molar-refractivity contribution in [3.63, 3.8) is 0 Å². The van der Waals surface area contributed by atoms with Crippen molar-refractivity contribution in [3.8, 4) is 0 Å². The molecule has 0 saturated heterocycles. The summed E-state index contributed by atoms with van der Waals surface area (Å²) in [5, 5.41) is 10.8. The summed E-state index contributed by atoms with van der Waals surface area (Å²) in [7, 11) is 0. The van der Waals surface area contributed by atoms with Crippen molar-refractivity contribution in [1.82, 2.24) is 0 Å². The Labute approximate surface area is 98.5 Å². The van der Waals surface area contributed by atoms with Crippen LogP contribution in [0.5, 0.6) is 0 Å². The van der Waals surface area contributed by atoms with Gasteiger partial charge in [-0.05, 0) is 36.8 Å². The Bertz CT molecular complexity index is 345. The fraction of sp³-hybridized carbons (Fsp3) is 0.600. The lowest BCUT2D eigenvalue weighted by Gasteiger charge is -2.34. The van der Waals surface area contributed by atoms with Gasteiger partial charge in [-0.2, -0.15) is 0 Å². The predicted octanol–water partition coefficient (Wildman–Crippen LogP) is 3.79. The lowest BCUT2D eigenvalue weighted by atomic mass is 9.76. The molecule has 1 nitrogen and oxygen atoms in total. The average molecular weight is 218 g/mol. The Morgan fingerprint density at radius 3 is 2.88 bits per heavy atom. The van der Waals surface area contributed by atoms with Crippen LogP contribution in [0.25, 0.3) is 0 Å². The first-order valence-corrected chi connectivity index (χ1v) is 6.57. The second-order valence-corrected chi connectivity index (χ2v) is 5.00. The fourth-order valence-electron chi connectivity index (χ4n) is 2.83. The number of aryl methyl sites for hydroxylation is 1. The molecule has 1 N–H and O–H groups in total. The van der Waals surface area contributed by atoms with Crippen molar-refractivity contribution in [1.29, 1.82) is 0 Å². The van der Waals surface area contributed by atoms with E-state index in [-0.39, 0.29) is 0 Å². The van der Waals surface area contributed by atoms with E-state index in [1.54, 1.807) is 0 Å². The van der Waals surface area contributed by atoms with Crippen LogP contribution >= 0.6 is 0 Å². The summed E-state index contributed by atoms with van der Waals surface area (Å²) in [6.45, 7) is 2.21. The van der Waals surface area contributed by atoms with Crippen molar-refractivity contribution in [2.24, 2.45) is 0 Å². The molecular weight excluding hydrogens is 196 g/mol. The molecule has 0 aliphatic heterocycles. The summed E-state index contributed by atoms with van der Waals surface area (Å²) in [5.41, 5.74) is 2.01. The fourth-order valence-corrected chi connectivity index (χ4v) is 2.83. The quantitative estimate of drug-likeness (QED) is 0.762. The molecule has 1 aliphatic carbocycles. The molecule has 1 aromatic carbocycles. The molecular formula is C15H22O. The van der Waals surface area contributed by atoms with Gasteiger partial charge >= 0.3 is 0 Å². The average Bonchev–Trinajstić information content (AvgIpc) is 2.30. The Morgan fingerprint density at radius 2 is 2.06 bits per heavy atom. The Kier molecular flexibility index (Phi) is 3.65. The number of fused-ring (bicyclic) bond motifs is 1. The molecule has 0 fully saturated rings. The highest BCUT2D eigenvalue weighted by atomic mass is 16.3. The van der Waals surface area contributed by atoms with Crippen LogP contribution in [0.3, 0.4) is 0 Å². The minimum Gasteiger partial charge on any atom is -0.385 e. The van der Waals surface area contributed by atoms with Gasteiger partial charge in [0.25, 0.3) is 0 Å². The van der Waals surface area contributed by atoms with Crippen molar-refractivity contribution in [3.05, 3.63) is 35.4 Å². The maximum Gasteiger partial charge on any atom is 0.0899 e. The van der Waals surface area contributed by atoms with E-state index in [0.717, 1.165) is 32.1 Å². The first-order valence-electron chi connectivity index (χ1n) is 6.57. The van der Waals surface area contributed by atoms with E-state index in [2.05, 4.69) is 31.2 Å². The first kappa shape index (κ1) is 11.7. The van der Waals surface area contributed by atoms with E-state index in [1.807, 2.05) is 0 Å². The lowest BCUT2D eigenvalue weighted by molar-refractivity contribution is 0.00767. The topological polar surface area (TPSA) is 20.2 Å². The molecule has 0 radical (unpaired) electrons. The second kappa shape index (κ2) is 5.01. The highest BCUT2D eigenvalue weighted by Gasteiger charge is 2.33. The standard InChI is InChI=1S/C15H22O/c1-2-3-6-11-15(16)12-7-9-13-8-4-5-10-14(13)15/h4-5,8,10,16H,2-3,6-7,9,11-12H2,1H3. The number of hydrogen-bond donors (Lipinski definition) is 1. The van der Waals surface area contributed by atoms with E-state index in [0.29, 0.717) is 0 Å². The molecule has 0 heterocycles. The van der Waals surface area contributed by atoms with Crippen LogP contribution in [0.2, 0.25) is 0 Å². The molecule has 0 aromatic heterocycles. The smallest absolute Gasteiger partial charge is 0.0899 e. The van der Waals surface area contributed by atoms with Crippen LogP contribution in [0.15, 0.2) is 24.3 Å². The molecule has 0 amide bonds. The molecule has 1 aromatic rings. The largest absolute Gasteiger partial charge is 0.385 e. The highest BCUT2D eigenvalue weighted by molar-refractivity contribution is 5.34. The monoisotopic (exact) mass is 218 g/mol. The Hall–Kier alpha value is -0.820. The minimum absolute atomic E-state index is 0.538. The minimum atomic E-state index is -0.538. The first-order chi connectivity index (χ1) is 7.76. The van der Waals surface area contributed by atoms with Crippen LogP contribution in [-0.4, -0.2) is 5.11 Å². The Balaban J connectivity index is 2.16. The van der Waals surface area contributed by atoms with Gasteiger partial charge in [-0.3, -0.25) is 0 Å². The SMILES string of the molecule is CCCCCC1(O)CCCc2ccccc21. The highest BCUT2D eigenvalue weighted by Crippen LogP contribution is 2.38. The van der Waals surface area contributed by atoms with Gasteiger partial charge in [0.15, 0.2) is 0 Å². The van der Waals surface area contributed by atoms with Crippen LogP contribution in [0, 0.1) is 0 Å². The van der Waals surface area contributed by atoms with Crippen LogP contribution in [0.4, 0.5) is 0 Å². The zero-order valence-corrected chi connectivity index (χ0v) is 10.2. The molecule has 0 bridgehead atoms. The second-order valence-electron chi connectivity index (χ2n) is 5.00. The van der Waals surface area contributed by atoms with Gasteiger partial charge in [-0.25, -0.2) is 0 Å². The molecule has 1 heteroatoms. The summed E-state index contributed by atoms with van der Waals surface area (Å²) in [6, 6.07) is 8.41. The third kappa shape index (κ3) is 2.30. The molecule has 1 atom stereocenters. The summed E-state index contributed by atoms with van der Waals surface area (Å²) < 4.78 is 0. The molecule has 0 saturated carbocycles. The number of benzene rings is 1. The molecule has 1 unspecified atom stereocenters. The zero-order chi connectivity index (χ0) is 11.4. The van der Waals surface area contributed by atoms with E-state index in [4.69, 9.17) is 0 Å². The predicted molar refractivity (Wildman–Crippen MR) is 67.4 cm³/mol. The van der Waals surface area contributed by atoms with Crippen LogP contribution in [-0.2, 0) is 12.0 Å². The Morgan fingerprint density at radius 1 is 1.25 bits per heavy atom. The maximum absolute atomic E-state index is 10.8. The normalized spacial score (nSPS) is 24.1. The summed E-state index contributed by atoms with van der Waals surface area (Å²) in [5.74, 6) is 0.